The number of benzene rings is 2. The SMILES string of the molecule is NC(=O)c1cccc(Oc2ccc(NC(=O)C=Cc3cccc(F)c3)cn2)c1. The normalized spacial score (nSPS) is 10.6. The Kier molecular flexibility index (Phi) is 5.76. The van der Waals surface area contributed by atoms with E-state index >= 15 is 0 Å². The molecule has 28 heavy (non-hydrogen) atoms. The van der Waals surface area contributed by atoms with Crippen LogP contribution in [0.1, 0.15) is 15.9 Å². The molecular weight excluding hydrogens is 361 g/mol. The van der Waals surface area contributed by atoms with E-state index in [1.807, 2.05) is 0 Å². The molecule has 0 bridgehead atoms. The largest absolute Gasteiger partial charge is 0.439 e. The van der Waals surface area contributed by atoms with E-state index in [2.05, 4.69) is 10.3 Å². The van der Waals surface area contributed by atoms with Gasteiger partial charge in [0.25, 0.3) is 0 Å². The first-order valence-electron chi connectivity index (χ1n) is 8.28. The number of nitrogens with two attached hydrogens (primary N) is 1. The van der Waals surface area contributed by atoms with Gasteiger partial charge < -0.3 is 15.8 Å². The highest BCUT2D eigenvalue weighted by atomic mass is 19.1. The third kappa shape index (κ3) is 5.25. The number of anilines is 1. The maximum atomic E-state index is 13.1. The summed E-state index contributed by atoms with van der Waals surface area (Å²) < 4.78 is 18.7. The van der Waals surface area contributed by atoms with Crippen molar-refractivity contribution in [2.24, 2.45) is 5.73 Å². The van der Waals surface area contributed by atoms with Gasteiger partial charge in [-0.25, -0.2) is 9.37 Å². The van der Waals surface area contributed by atoms with Crippen LogP contribution in [-0.2, 0) is 4.79 Å². The van der Waals surface area contributed by atoms with E-state index in [-0.39, 0.29) is 17.6 Å². The number of amides is 2. The van der Waals surface area contributed by atoms with Crippen molar-refractivity contribution in [1.82, 2.24) is 4.98 Å². The fraction of sp³-hybridized carbons (Fsp3) is 0. The summed E-state index contributed by atoms with van der Waals surface area (Å²) in [5.74, 6) is -0.603. The van der Waals surface area contributed by atoms with Gasteiger partial charge in [0.05, 0.1) is 11.9 Å². The number of aromatic nitrogens is 1. The van der Waals surface area contributed by atoms with E-state index in [9.17, 15) is 14.0 Å². The van der Waals surface area contributed by atoms with E-state index < -0.39 is 5.91 Å². The van der Waals surface area contributed by atoms with Crippen LogP contribution < -0.4 is 15.8 Å². The summed E-state index contributed by atoms with van der Waals surface area (Å²) in [5, 5.41) is 2.64. The molecule has 0 unspecified atom stereocenters. The lowest BCUT2D eigenvalue weighted by molar-refractivity contribution is -0.111. The van der Waals surface area contributed by atoms with Crippen LogP contribution in [0.15, 0.2) is 72.9 Å². The van der Waals surface area contributed by atoms with Crippen LogP contribution in [-0.4, -0.2) is 16.8 Å². The van der Waals surface area contributed by atoms with Crippen molar-refractivity contribution >= 4 is 23.6 Å². The third-order valence-corrected chi connectivity index (χ3v) is 3.62. The van der Waals surface area contributed by atoms with E-state index in [1.165, 1.54) is 36.5 Å². The molecule has 0 aliphatic carbocycles. The highest BCUT2D eigenvalue weighted by Gasteiger charge is 2.05. The Hall–Kier alpha value is -4.00. The summed E-state index contributed by atoms with van der Waals surface area (Å²) in [6.07, 6.45) is 4.24. The molecule has 2 aromatic carbocycles. The standard InChI is InChI=1S/C21H16FN3O3/c22-16-5-1-3-14(11-16)7-9-19(26)25-17-8-10-20(24-13-17)28-18-6-2-4-15(12-18)21(23)27/h1-13H,(H2,23,27)(H,25,26). The molecule has 3 rings (SSSR count). The molecule has 2 amide bonds. The molecule has 0 radical (unpaired) electrons. The van der Waals surface area contributed by atoms with Crippen LogP contribution in [0.3, 0.4) is 0 Å². The Morgan fingerprint density at radius 2 is 1.89 bits per heavy atom. The second kappa shape index (κ2) is 8.59. The number of halogens is 1. The lowest BCUT2D eigenvalue weighted by atomic mass is 10.2. The van der Waals surface area contributed by atoms with Crippen molar-refractivity contribution in [3.05, 3.63) is 89.9 Å². The number of primary amides is 1. The lowest BCUT2D eigenvalue weighted by Gasteiger charge is -2.07. The van der Waals surface area contributed by atoms with Gasteiger partial charge in [-0.05, 0) is 48.0 Å². The van der Waals surface area contributed by atoms with Crippen molar-refractivity contribution < 1.29 is 18.7 Å². The maximum Gasteiger partial charge on any atom is 0.248 e. The maximum absolute atomic E-state index is 13.1. The summed E-state index contributed by atoms with van der Waals surface area (Å²) in [6, 6.07) is 15.5. The van der Waals surface area contributed by atoms with Crippen LogP contribution in [0, 0.1) is 5.82 Å². The van der Waals surface area contributed by atoms with Gasteiger partial charge in [-0.3, -0.25) is 9.59 Å². The predicted molar refractivity (Wildman–Crippen MR) is 103 cm³/mol. The van der Waals surface area contributed by atoms with Crippen molar-refractivity contribution in [1.29, 1.82) is 0 Å². The zero-order chi connectivity index (χ0) is 19.9. The number of nitrogens with zero attached hydrogens (tertiary/aromatic N) is 1. The zero-order valence-electron chi connectivity index (χ0n) is 14.6. The highest BCUT2D eigenvalue weighted by molar-refractivity contribution is 6.01. The van der Waals surface area contributed by atoms with Gasteiger partial charge in [-0.15, -0.1) is 0 Å². The Morgan fingerprint density at radius 3 is 2.61 bits per heavy atom. The van der Waals surface area contributed by atoms with E-state index in [0.717, 1.165) is 0 Å². The van der Waals surface area contributed by atoms with Gasteiger partial charge in [0.1, 0.15) is 11.6 Å². The minimum absolute atomic E-state index is 0.287. The molecule has 0 aliphatic heterocycles. The molecule has 3 N–H and O–H groups in total. The van der Waals surface area contributed by atoms with Crippen LogP contribution in [0.2, 0.25) is 0 Å². The molecule has 3 aromatic rings. The van der Waals surface area contributed by atoms with Crippen molar-refractivity contribution in [3.63, 3.8) is 0 Å². The van der Waals surface area contributed by atoms with Crippen molar-refractivity contribution in [3.8, 4) is 11.6 Å². The highest BCUT2D eigenvalue weighted by Crippen LogP contribution is 2.21. The van der Waals surface area contributed by atoms with Gasteiger partial charge >= 0.3 is 0 Å². The number of nitrogens with one attached hydrogen (secondary N) is 1. The fourth-order valence-electron chi connectivity index (χ4n) is 2.31. The van der Waals surface area contributed by atoms with E-state index in [0.29, 0.717) is 22.6 Å². The molecule has 0 saturated carbocycles. The molecule has 1 heterocycles. The minimum atomic E-state index is -0.553. The molecule has 0 fully saturated rings. The predicted octanol–water partition coefficient (Wildman–Crippen LogP) is 3.76. The number of carbonyl (C=O) groups is 2. The number of hydrogen-bond donors (Lipinski definition) is 2. The molecule has 7 heteroatoms. The summed E-state index contributed by atoms with van der Waals surface area (Å²) in [5.41, 5.74) is 6.61. The number of hydrogen-bond acceptors (Lipinski definition) is 4. The Bertz CT molecular complexity index is 1030. The first kappa shape index (κ1) is 18.8. The number of carbonyl (C=O) groups excluding carboxylic acids is 2. The monoisotopic (exact) mass is 377 g/mol. The van der Waals surface area contributed by atoms with Crippen LogP contribution >= 0.6 is 0 Å². The van der Waals surface area contributed by atoms with Gasteiger partial charge in [0, 0.05) is 17.7 Å². The zero-order valence-corrected chi connectivity index (χ0v) is 14.6. The van der Waals surface area contributed by atoms with Crippen molar-refractivity contribution in [2.45, 2.75) is 0 Å². The molecular formula is C21H16FN3O3. The van der Waals surface area contributed by atoms with E-state index in [1.54, 1.807) is 42.5 Å². The molecule has 140 valence electrons. The fourth-order valence-corrected chi connectivity index (χ4v) is 2.31. The summed E-state index contributed by atoms with van der Waals surface area (Å²) in [6.45, 7) is 0. The Balaban J connectivity index is 1.60. The average Bonchev–Trinajstić information content (AvgIpc) is 2.68. The van der Waals surface area contributed by atoms with Gasteiger partial charge in [0.2, 0.25) is 17.7 Å². The molecule has 0 spiro atoms. The number of ether oxygens (including phenoxy) is 1. The van der Waals surface area contributed by atoms with E-state index in [4.69, 9.17) is 10.5 Å². The first-order chi connectivity index (χ1) is 13.5. The van der Waals surface area contributed by atoms with Crippen LogP contribution in [0.5, 0.6) is 11.6 Å². The summed E-state index contributed by atoms with van der Waals surface area (Å²) in [4.78, 5) is 27.3. The second-order valence-electron chi connectivity index (χ2n) is 5.76. The quantitative estimate of drug-likeness (QED) is 0.640. The number of rotatable bonds is 6. The van der Waals surface area contributed by atoms with Gasteiger partial charge in [-0.2, -0.15) is 0 Å². The van der Waals surface area contributed by atoms with Gasteiger partial charge in [-0.1, -0.05) is 18.2 Å². The summed E-state index contributed by atoms with van der Waals surface area (Å²) >= 11 is 0. The average molecular weight is 377 g/mol. The summed E-state index contributed by atoms with van der Waals surface area (Å²) in [7, 11) is 0. The smallest absolute Gasteiger partial charge is 0.248 e. The molecule has 6 nitrogen and oxygen atoms in total. The second-order valence-corrected chi connectivity index (χ2v) is 5.76. The van der Waals surface area contributed by atoms with Crippen LogP contribution in [0.4, 0.5) is 10.1 Å². The molecule has 1 aromatic heterocycles. The number of pyridine rings is 1. The first-order valence-corrected chi connectivity index (χ1v) is 8.28. The lowest BCUT2D eigenvalue weighted by Crippen LogP contribution is -2.10. The minimum Gasteiger partial charge on any atom is -0.439 e. The van der Waals surface area contributed by atoms with Gasteiger partial charge in [0.15, 0.2) is 0 Å². The third-order valence-electron chi connectivity index (χ3n) is 3.62. The molecule has 0 atom stereocenters. The topological polar surface area (TPSA) is 94.3 Å². The Morgan fingerprint density at radius 1 is 1.07 bits per heavy atom. The van der Waals surface area contributed by atoms with Crippen LogP contribution in [0.25, 0.3) is 6.08 Å². The molecule has 0 aliphatic rings. The molecule has 0 saturated heterocycles. The van der Waals surface area contributed by atoms with Crippen molar-refractivity contribution in [2.75, 3.05) is 5.32 Å². The Labute approximate surface area is 160 Å².